The molecular formula is C23H26ClN3O4. The number of rotatable bonds is 8. The largest absolute Gasteiger partial charge is 0.495 e. The first-order valence-electron chi connectivity index (χ1n) is 9.75. The summed E-state index contributed by atoms with van der Waals surface area (Å²) in [6, 6.07) is 8.52. The summed E-state index contributed by atoms with van der Waals surface area (Å²) in [6.45, 7) is 8.44. The fourth-order valence-corrected chi connectivity index (χ4v) is 3.26. The molecule has 7 nitrogen and oxygen atoms in total. The van der Waals surface area contributed by atoms with E-state index in [1.54, 1.807) is 12.1 Å². The van der Waals surface area contributed by atoms with E-state index in [4.69, 9.17) is 21.1 Å². The van der Waals surface area contributed by atoms with Gasteiger partial charge in [0.2, 0.25) is 0 Å². The lowest BCUT2D eigenvalue weighted by Crippen LogP contribution is -2.21. The predicted octanol–water partition coefficient (Wildman–Crippen LogP) is 4.51. The highest BCUT2D eigenvalue weighted by molar-refractivity contribution is 6.31. The Kier molecular flexibility index (Phi) is 8.29. The van der Waals surface area contributed by atoms with Crippen LogP contribution in [0.2, 0.25) is 5.02 Å². The number of ether oxygens (including phenoxy) is 2. The van der Waals surface area contributed by atoms with Crippen LogP contribution in [0.1, 0.15) is 30.8 Å². The monoisotopic (exact) mass is 443 g/mol. The number of methoxy groups -OCH3 is 1. The van der Waals surface area contributed by atoms with Crippen LogP contribution in [-0.4, -0.2) is 30.2 Å². The molecule has 1 amide bonds. The minimum atomic E-state index is -0.871. The van der Waals surface area contributed by atoms with Crippen molar-refractivity contribution < 1.29 is 19.1 Å². The number of esters is 1. The van der Waals surface area contributed by atoms with Crippen LogP contribution in [0, 0.1) is 31.1 Å². The number of nitrogens with one attached hydrogen (secondary N) is 1. The van der Waals surface area contributed by atoms with Gasteiger partial charge < -0.3 is 19.4 Å². The number of carbonyl (C=O) groups is 2. The number of aryl methyl sites for hydroxylation is 1. The van der Waals surface area contributed by atoms with E-state index in [0.29, 0.717) is 22.4 Å². The molecule has 1 aromatic carbocycles. The average Bonchev–Trinajstić information content (AvgIpc) is 2.97. The summed E-state index contributed by atoms with van der Waals surface area (Å²) in [5.74, 6) is -0.581. The number of nitrogens with zero attached hydrogens (tertiary/aromatic N) is 2. The minimum absolute atomic E-state index is 0.182. The number of anilines is 1. The van der Waals surface area contributed by atoms with E-state index in [1.165, 1.54) is 19.3 Å². The van der Waals surface area contributed by atoms with Crippen LogP contribution >= 0.6 is 11.6 Å². The van der Waals surface area contributed by atoms with E-state index in [-0.39, 0.29) is 5.57 Å². The highest BCUT2D eigenvalue weighted by atomic mass is 35.5. The van der Waals surface area contributed by atoms with E-state index >= 15 is 0 Å². The number of hydrogen-bond acceptors (Lipinski definition) is 5. The van der Waals surface area contributed by atoms with Crippen LogP contribution in [0.5, 0.6) is 5.75 Å². The van der Waals surface area contributed by atoms with Crippen molar-refractivity contribution in [2.24, 2.45) is 5.92 Å². The van der Waals surface area contributed by atoms with E-state index < -0.39 is 18.5 Å². The number of halogens is 1. The standard InChI is InChI=1S/C23H26ClN3O4/c1-14(2)12-27-15(3)8-17(16(27)4)9-18(11-25)23(29)31-13-22(28)26-20-10-19(24)6-7-21(20)30-5/h6-10,14H,12-13H2,1-5H3,(H,26,28)/b18-9+. The quantitative estimate of drug-likeness (QED) is 0.368. The molecule has 1 aromatic heterocycles. The SMILES string of the molecule is COc1ccc(Cl)cc1NC(=O)COC(=O)/C(C#N)=C/c1cc(C)n(CC(C)C)c1C. The van der Waals surface area contributed by atoms with Crippen molar-refractivity contribution in [1.29, 1.82) is 5.26 Å². The third kappa shape index (κ3) is 6.37. The molecule has 0 bridgehead atoms. The molecule has 0 spiro atoms. The minimum Gasteiger partial charge on any atom is -0.495 e. The van der Waals surface area contributed by atoms with Crippen LogP contribution in [0.4, 0.5) is 5.69 Å². The molecule has 1 heterocycles. The number of hydrogen-bond donors (Lipinski definition) is 1. The Hall–Kier alpha value is -3.24. The third-order valence-corrected chi connectivity index (χ3v) is 4.81. The number of nitriles is 1. The molecule has 2 rings (SSSR count). The van der Waals surface area contributed by atoms with Gasteiger partial charge in [-0.1, -0.05) is 25.4 Å². The Morgan fingerprint density at radius 3 is 2.61 bits per heavy atom. The van der Waals surface area contributed by atoms with Gasteiger partial charge in [-0.3, -0.25) is 4.79 Å². The molecule has 0 atom stereocenters. The van der Waals surface area contributed by atoms with E-state index in [0.717, 1.165) is 23.5 Å². The van der Waals surface area contributed by atoms with Crippen molar-refractivity contribution >= 4 is 35.2 Å². The number of amides is 1. The van der Waals surface area contributed by atoms with Crippen LogP contribution in [0.3, 0.4) is 0 Å². The van der Waals surface area contributed by atoms with Crippen molar-refractivity contribution in [2.45, 2.75) is 34.2 Å². The zero-order valence-corrected chi connectivity index (χ0v) is 19.0. The van der Waals surface area contributed by atoms with Crippen LogP contribution < -0.4 is 10.1 Å². The van der Waals surface area contributed by atoms with Gasteiger partial charge >= 0.3 is 5.97 Å². The van der Waals surface area contributed by atoms with Gasteiger partial charge in [0.15, 0.2) is 6.61 Å². The van der Waals surface area contributed by atoms with Crippen molar-refractivity contribution in [1.82, 2.24) is 4.57 Å². The molecule has 0 saturated carbocycles. The van der Waals surface area contributed by atoms with Crippen molar-refractivity contribution in [2.75, 3.05) is 19.0 Å². The molecule has 0 fully saturated rings. The van der Waals surface area contributed by atoms with Gasteiger partial charge in [-0.15, -0.1) is 0 Å². The Morgan fingerprint density at radius 1 is 1.29 bits per heavy atom. The Morgan fingerprint density at radius 2 is 2.00 bits per heavy atom. The molecule has 8 heteroatoms. The Balaban J connectivity index is 2.08. The molecule has 0 saturated heterocycles. The summed E-state index contributed by atoms with van der Waals surface area (Å²) < 4.78 is 12.3. The van der Waals surface area contributed by atoms with Crippen molar-refractivity contribution in [3.05, 3.63) is 51.8 Å². The zero-order valence-electron chi connectivity index (χ0n) is 18.3. The number of carbonyl (C=O) groups excluding carboxylic acids is 2. The highest BCUT2D eigenvalue weighted by Gasteiger charge is 2.17. The topological polar surface area (TPSA) is 93.3 Å². The van der Waals surface area contributed by atoms with Gasteiger partial charge in [0.25, 0.3) is 5.91 Å². The fourth-order valence-electron chi connectivity index (χ4n) is 3.09. The lowest BCUT2D eigenvalue weighted by Gasteiger charge is -2.12. The molecule has 1 N–H and O–H groups in total. The molecule has 0 unspecified atom stereocenters. The number of benzene rings is 1. The van der Waals surface area contributed by atoms with Crippen molar-refractivity contribution in [3.63, 3.8) is 0 Å². The highest BCUT2D eigenvalue weighted by Crippen LogP contribution is 2.27. The second kappa shape index (κ2) is 10.7. The summed E-state index contributed by atoms with van der Waals surface area (Å²) in [5, 5.41) is 12.4. The molecule has 0 aliphatic carbocycles. The molecule has 164 valence electrons. The summed E-state index contributed by atoms with van der Waals surface area (Å²) in [4.78, 5) is 24.5. The lowest BCUT2D eigenvalue weighted by molar-refractivity contribution is -0.142. The van der Waals surface area contributed by atoms with Gasteiger partial charge in [0.05, 0.1) is 12.8 Å². The summed E-state index contributed by atoms with van der Waals surface area (Å²) in [7, 11) is 1.46. The molecule has 0 aliphatic rings. The maximum Gasteiger partial charge on any atom is 0.349 e. The van der Waals surface area contributed by atoms with E-state index in [1.807, 2.05) is 26.0 Å². The first-order valence-corrected chi connectivity index (χ1v) is 10.1. The molecule has 31 heavy (non-hydrogen) atoms. The normalized spacial score (nSPS) is 11.2. The lowest BCUT2D eigenvalue weighted by atomic mass is 10.1. The second-order valence-electron chi connectivity index (χ2n) is 7.47. The van der Waals surface area contributed by atoms with Gasteiger partial charge in [-0.2, -0.15) is 5.26 Å². The first-order chi connectivity index (χ1) is 14.7. The van der Waals surface area contributed by atoms with Gasteiger partial charge in [0, 0.05) is 23.0 Å². The van der Waals surface area contributed by atoms with Crippen LogP contribution in [0.15, 0.2) is 29.8 Å². The fraction of sp³-hybridized carbons (Fsp3) is 0.348. The molecule has 2 aromatic rings. The summed E-state index contributed by atoms with van der Waals surface area (Å²) in [5.41, 5.74) is 2.93. The third-order valence-electron chi connectivity index (χ3n) is 4.57. The summed E-state index contributed by atoms with van der Waals surface area (Å²) >= 11 is 5.94. The average molecular weight is 444 g/mol. The summed E-state index contributed by atoms with van der Waals surface area (Å²) in [6.07, 6.45) is 1.49. The second-order valence-corrected chi connectivity index (χ2v) is 7.91. The number of aromatic nitrogens is 1. The van der Waals surface area contributed by atoms with E-state index in [2.05, 4.69) is 23.7 Å². The Bertz CT molecular complexity index is 1050. The van der Waals surface area contributed by atoms with Gasteiger partial charge in [-0.05, 0) is 55.7 Å². The molecule has 0 radical (unpaired) electrons. The predicted molar refractivity (Wildman–Crippen MR) is 120 cm³/mol. The smallest absolute Gasteiger partial charge is 0.349 e. The van der Waals surface area contributed by atoms with E-state index in [9.17, 15) is 14.9 Å². The van der Waals surface area contributed by atoms with Crippen molar-refractivity contribution in [3.8, 4) is 11.8 Å². The maximum absolute atomic E-state index is 12.3. The molecule has 0 aliphatic heterocycles. The Labute approximate surface area is 187 Å². The first kappa shape index (κ1) is 24.0. The van der Waals surface area contributed by atoms with Gasteiger partial charge in [-0.25, -0.2) is 4.79 Å². The van der Waals surface area contributed by atoms with Crippen LogP contribution in [-0.2, 0) is 20.9 Å². The zero-order chi connectivity index (χ0) is 23.1. The van der Waals surface area contributed by atoms with Gasteiger partial charge in [0.1, 0.15) is 17.4 Å². The van der Waals surface area contributed by atoms with Crippen LogP contribution in [0.25, 0.3) is 6.08 Å². The maximum atomic E-state index is 12.3. The molecular weight excluding hydrogens is 418 g/mol.